The Hall–Kier alpha value is -3.02. The van der Waals surface area contributed by atoms with E-state index in [1.807, 2.05) is 69.0 Å². The van der Waals surface area contributed by atoms with Crippen molar-refractivity contribution in [2.24, 2.45) is 0 Å². The van der Waals surface area contributed by atoms with Crippen molar-refractivity contribution in [1.82, 2.24) is 4.40 Å². The molecule has 3 heterocycles. The monoisotopic (exact) mass is 421 g/mol. The first-order valence-electron chi connectivity index (χ1n) is 8.29. The van der Waals surface area contributed by atoms with E-state index < -0.39 is 16.3 Å². The van der Waals surface area contributed by atoms with Gasteiger partial charge >= 0.3 is 12.0 Å². The quantitative estimate of drug-likeness (QED) is 0.300. The lowest BCUT2D eigenvalue weighted by molar-refractivity contribution is -2.00. The van der Waals surface area contributed by atoms with Crippen molar-refractivity contribution < 1.29 is 47.4 Å². The molecule has 4 rings (SSSR count). The third-order valence-electron chi connectivity index (χ3n) is 4.18. The highest BCUT2D eigenvalue weighted by atomic mass is 35.7. The van der Waals surface area contributed by atoms with E-state index >= 15 is 0 Å². The Balaban J connectivity index is 0.000000431. The van der Waals surface area contributed by atoms with Gasteiger partial charge in [0.25, 0.3) is 5.52 Å². The highest BCUT2D eigenvalue weighted by Gasteiger charge is 2.30. The maximum atomic E-state index is 12.3. The van der Waals surface area contributed by atoms with Crippen LogP contribution in [0.2, 0.25) is 0 Å². The zero-order valence-electron chi connectivity index (χ0n) is 15.8. The number of halogens is 1. The number of methoxy groups -OCH3 is 1. The van der Waals surface area contributed by atoms with Gasteiger partial charge in [-0.1, -0.05) is 22.8 Å². The molecular formula is C18H18ClN4O6+. The van der Waals surface area contributed by atoms with Gasteiger partial charge < -0.3 is 4.74 Å². The second-order valence-electron chi connectivity index (χ2n) is 6.21. The van der Waals surface area contributed by atoms with E-state index in [0.717, 1.165) is 28.0 Å². The third kappa shape index (κ3) is 4.06. The van der Waals surface area contributed by atoms with Gasteiger partial charge in [-0.05, 0) is 18.2 Å². The smallest absolute Gasteiger partial charge is 0.415 e. The van der Waals surface area contributed by atoms with Gasteiger partial charge in [0.1, 0.15) is 0 Å². The van der Waals surface area contributed by atoms with Gasteiger partial charge in [-0.2, -0.15) is 9.20 Å². The Bertz CT molecular complexity index is 1200. The minimum absolute atomic E-state index is 0.407. The van der Waals surface area contributed by atoms with Crippen molar-refractivity contribution in [2.45, 2.75) is 0 Å². The lowest BCUT2D eigenvalue weighted by Gasteiger charge is -2.17. The van der Waals surface area contributed by atoms with E-state index in [-0.39, 0.29) is 0 Å². The molecule has 0 aliphatic heterocycles. The number of ether oxygens (including phenoxy) is 1. The van der Waals surface area contributed by atoms with E-state index in [9.17, 15) is 4.79 Å². The lowest BCUT2D eigenvalue weighted by atomic mass is 10.2. The van der Waals surface area contributed by atoms with Crippen LogP contribution in [0.25, 0.3) is 22.1 Å². The highest BCUT2D eigenvalue weighted by Crippen LogP contribution is 2.22. The van der Waals surface area contributed by atoms with E-state index in [1.54, 1.807) is 4.57 Å². The number of imidazole rings is 1. The first-order valence-corrected chi connectivity index (χ1v) is 9.52. The van der Waals surface area contributed by atoms with Crippen molar-refractivity contribution in [2.75, 3.05) is 26.1 Å². The number of anilines is 1. The molecule has 0 radical (unpaired) electrons. The predicted molar refractivity (Wildman–Crippen MR) is 90.4 cm³/mol. The number of rotatable bonds is 1. The van der Waals surface area contributed by atoms with Crippen LogP contribution < -0.4 is 32.5 Å². The van der Waals surface area contributed by atoms with Gasteiger partial charge in [0.05, 0.1) is 27.4 Å². The average molecular weight is 422 g/mol. The standard InChI is InChI=1S/C18H18N4O2.ClHO4/c1-19(2)17-20-11-7-6-9-14(20)16-12-21(18(23)24-3)13-8-4-5-10-15(13)22(16)17;2-1(3,4)5/h4-12H,1-3H3;(H,2,3,4,5)/q+2;/p-1. The van der Waals surface area contributed by atoms with Crippen LogP contribution in [-0.4, -0.2) is 31.7 Å². The fourth-order valence-electron chi connectivity index (χ4n) is 3.23. The summed E-state index contributed by atoms with van der Waals surface area (Å²) in [6, 6.07) is 13.8. The summed E-state index contributed by atoms with van der Waals surface area (Å²) in [6.45, 7) is 0. The van der Waals surface area contributed by atoms with Gasteiger partial charge in [-0.3, -0.25) is 4.90 Å². The predicted octanol–water partition coefficient (Wildman–Crippen LogP) is -2.96. The number of benzene rings is 1. The Labute approximate surface area is 167 Å². The first-order chi connectivity index (χ1) is 13.6. The second kappa shape index (κ2) is 7.78. The van der Waals surface area contributed by atoms with Gasteiger partial charge in [-0.25, -0.2) is 23.0 Å². The summed E-state index contributed by atoms with van der Waals surface area (Å²) in [5, 5.41) is 0. The molecule has 4 aromatic rings. The molecule has 0 aliphatic carbocycles. The molecule has 0 atom stereocenters. The highest BCUT2D eigenvalue weighted by molar-refractivity contribution is 5.84. The molecule has 0 amide bonds. The Kier molecular flexibility index (Phi) is 5.55. The molecule has 0 bridgehead atoms. The number of carbonyl (C=O) groups is 1. The van der Waals surface area contributed by atoms with Crippen LogP contribution in [0.1, 0.15) is 0 Å². The SMILES string of the molecule is COC(=O)[n+]1cc2c3cccc[n+]3c(N(C)C)n2c2ccccc21.[O-][Cl+3]([O-])([O-])[O-]. The molecule has 1 aromatic carbocycles. The van der Waals surface area contributed by atoms with Gasteiger partial charge in [0, 0.05) is 6.07 Å². The van der Waals surface area contributed by atoms with Crippen LogP contribution in [0.5, 0.6) is 0 Å². The molecule has 10 nitrogen and oxygen atoms in total. The maximum Gasteiger partial charge on any atom is 0.602 e. The molecule has 3 aromatic heterocycles. The van der Waals surface area contributed by atoms with E-state index in [4.69, 9.17) is 23.4 Å². The van der Waals surface area contributed by atoms with Gasteiger partial charge in [-0.15, -0.1) is 10.2 Å². The van der Waals surface area contributed by atoms with Crippen molar-refractivity contribution >= 4 is 34.1 Å². The summed E-state index contributed by atoms with van der Waals surface area (Å²) in [5.41, 5.74) is 3.68. The number of carbonyl (C=O) groups excluding carboxylic acids is 1. The molecule has 11 heteroatoms. The first kappa shape index (κ1) is 20.7. The van der Waals surface area contributed by atoms with Crippen LogP contribution in [0, 0.1) is 10.2 Å². The summed E-state index contributed by atoms with van der Waals surface area (Å²) >= 11 is 0. The zero-order valence-corrected chi connectivity index (χ0v) is 16.6. The number of para-hydroxylation sites is 2. The molecule has 29 heavy (non-hydrogen) atoms. The van der Waals surface area contributed by atoms with E-state index in [1.165, 1.54) is 7.11 Å². The van der Waals surface area contributed by atoms with Gasteiger partial charge in [0.2, 0.25) is 11.7 Å². The maximum absolute atomic E-state index is 12.3. The topological polar surface area (TPSA) is 134 Å². The summed E-state index contributed by atoms with van der Waals surface area (Å²) in [4.78, 5) is 14.3. The van der Waals surface area contributed by atoms with Crippen molar-refractivity contribution in [3.63, 3.8) is 0 Å². The van der Waals surface area contributed by atoms with Crippen molar-refractivity contribution in [3.8, 4) is 0 Å². The molecular weight excluding hydrogens is 404 g/mol. The number of pyridine rings is 1. The Morgan fingerprint density at radius 3 is 2.21 bits per heavy atom. The number of hydrogen-bond acceptors (Lipinski definition) is 7. The number of hydrogen-bond donors (Lipinski definition) is 0. The van der Waals surface area contributed by atoms with Crippen LogP contribution in [0.4, 0.5) is 10.7 Å². The Morgan fingerprint density at radius 2 is 1.59 bits per heavy atom. The van der Waals surface area contributed by atoms with Gasteiger partial charge in [0.15, 0.2) is 11.0 Å². The molecule has 0 spiro atoms. The Morgan fingerprint density at radius 1 is 1.00 bits per heavy atom. The second-order valence-corrected chi connectivity index (χ2v) is 6.96. The molecule has 0 fully saturated rings. The molecule has 0 saturated heterocycles. The third-order valence-corrected chi connectivity index (χ3v) is 4.18. The van der Waals surface area contributed by atoms with Crippen molar-refractivity contribution in [1.29, 1.82) is 0 Å². The molecule has 0 unspecified atom stereocenters. The number of nitrogens with zero attached hydrogens (tertiary/aromatic N) is 4. The van der Waals surface area contributed by atoms with Crippen LogP contribution in [-0.2, 0) is 4.74 Å². The fraction of sp³-hybridized carbons (Fsp3) is 0.167. The normalized spacial score (nSPS) is 11.4. The zero-order chi connectivity index (χ0) is 21.3. The summed E-state index contributed by atoms with van der Waals surface area (Å²) < 4.78 is 44.8. The fourth-order valence-corrected chi connectivity index (χ4v) is 3.23. The largest absolute Gasteiger partial charge is 0.602 e. The summed E-state index contributed by atoms with van der Waals surface area (Å²) in [7, 11) is 0.471. The summed E-state index contributed by atoms with van der Waals surface area (Å²) in [5.74, 6) is 1.01. The molecule has 0 aliphatic rings. The molecule has 152 valence electrons. The minimum atomic E-state index is -4.94. The van der Waals surface area contributed by atoms with Crippen molar-refractivity contribution in [3.05, 3.63) is 54.9 Å². The average Bonchev–Trinajstić information content (AvgIpc) is 3.00. The minimum Gasteiger partial charge on any atom is -0.415 e. The molecule has 0 saturated carbocycles. The lowest BCUT2D eigenvalue weighted by Crippen LogP contribution is -2.68. The number of aromatic nitrogens is 3. The summed E-state index contributed by atoms with van der Waals surface area (Å²) in [6.07, 6.45) is 3.45. The van der Waals surface area contributed by atoms with E-state index in [2.05, 4.69) is 13.7 Å². The van der Waals surface area contributed by atoms with Crippen LogP contribution in [0.3, 0.4) is 0 Å². The van der Waals surface area contributed by atoms with Crippen LogP contribution >= 0.6 is 0 Å². The van der Waals surface area contributed by atoms with E-state index in [0.29, 0.717) is 0 Å². The molecule has 0 N–H and O–H groups in total. The van der Waals surface area contributed by atoms with Crippen LogP contribution in [0.15, 0.2) is 54.9 Å². The number of fused-ring (bicyclic) bond motifs is 5.